The summed E-state index contributed by atoms with van der Waals surface area (Å²) in [5.74, 6) is 0. The predicted octanol–water partition coefficient (Wildman–Crippen LogP) is 2.22. The Bertz CT molecular complexity index is 165. The molecule has 3 nitrogen and oxygen atoms in total. The maximum Gasteiger partial charge on any atom is 0.108 e. The van der Waals surface area contributed by atoms with E-state index >= 15 is 0 Å². The van der Waals surface area contributed by atoms with E-state index in [2.05, 4.69) is 14.9 Å². The molecule has 0 saturated heterocycles. The van der Waals surface area contributed by atoms with Crippen molar-refractivity contribution >= 4 is 0 Å². The van der Waals surface area contributed by atoms with Crippen molar-refractivity contribution in [3.8, 4) is 0 Å². The highest BCUT2D eigenvalue weighted by Gasteiger charge is 2.02. The maximum atomic E-state index is 4.53. The number of hydrogen-bond acceptors (Lipinski definition) is 3. The standard InChI is InChI=1S/C6H10N2O.C2H6/c1-3-5-6(4-2)8-9-7-5;1-2/h3-4H2,1-2H3;1-2H3. The zero-order valence-corrected chi connectivity index (χ0v) is 7.72. The summed E-state index contributed by atoms with van der Waals surface area (Å²) in [7, 11) is 0. The normalized spacial score (nSPS) is 8.73. The molecule has 1 aromatic rings. The van der Waals surface area contributed by atoms with E-state index in [4.69, 9.17) is 0 Å². The van der Waals surface area contributed by atoms with Crippen LogP contribution in [0.1, 0.15) is 39.1 Å². The van der Waals surface area contributed by atoms with Crippen molar-refractivity contribution in [2.24, 2.45) is 0 Å². The molecule has 0 aliphatic rings. The van der Waals surface area contributed by atoms with E-state index in [1.807, 2.05) is 27.7 Å². The van der Waals surface area contributed by atoms with Gasteiger partial charge in [0.25, 0.3) is 0 Å². The third-order valence-electron chi connectivity index (χ3n) is 1.30. The van der Waals surface area contributed by atoms with Crippen LogP contribution >= 0.6 is 0 Å². The Morgan fingerprint density at radius 1 is 1.00 bits per heavy atom. The van der Waals surface area contributed by atoms with Crippen LogP contribution in [0.3, 0.4) is 0 Å². The van der Waals surface area contributed by atoms with Gasteiger partial charge in [0, 0.05) is 0 Å². The van der Waals surface area contributed by atoms with Crippen LogP contribution in [0.25, 0.3) is 0 Å². The van der Waals surface area contributed by atoms with Crippen LogP contribution in [-0.4, -0.2) is 10.3 Å². The molecule has 64 valence electrons. The lowest BCUT2D eigenvalue weighted by Crippen LogP contribution is -1.87. The first-order chi connectivity index (χ1) is 5.38. The second-order valence-electron chi connectivity index (χ2n) is 1.86. The summed E-state index contributed by atoms with van der Waals surface area (Å²) in [6.07, 6.45) is 1.82. The molecule has 3 heteroatoms. The molecular formula is C8H16N2O. The number of nitrogens with zero attached hydrogens (tertiary/aromatic N) is 2. The minimum Gasteiger partial charge on any atom is -0.244 e. The first kappa shape index (κ1) is 10.1. The third kappa shape index (κ3) is 2.70. The fraction of sp³-hybridized carbons (Fsp3) is 0.750. The summed E-state index contributed by atoms with van der Waals surface area (Å²) in [5, 5.41) is 7.44. The molecule has 0 unspecified atom stereocenters. The molecule has 0 radical (unpaired) electrons. The molecule has 0 spiro atoms. The summed E-state index contributed by atoms with van der Waals surface area (Å²) in [5.41, 5.74) is 1.97. The smallest absolute Gasteiger partial charge is 0.108 e. The zero-order valence-electron chi connectivity index (χ0n) is 7.72. The van der Waals surface area contributed by atoms with Crippen LogP contribution in [0, 0.1) is 0 Å². The van der Waals surface area contributed by atoms with Crippen molar-refractivity contribution in [1.82, 2.24) is 10.3 Å². The molecule has 0 atom stereocenters. The molecule has 0 fully saturated rings. The SMILES string of the molecule is CC.CCc1nonc1CC. The van der Waals surface area contributed by atoms with E-state index in [-0.39, 0.29) is 0 Å². The fourth-order valence-electron chi connectivity index (χ4n) is 0.762. The van der Waals surface area contributed by atoms with Gasteiger partial charge in [0.1, 0.15) is 11.4 Å². The molecule has 0 saturated carbocycles. The number of aryl methyl sites for hydroxylation is 2. The monoisotopic (exact) mass is 156 g/mol. The lowest BCUT2D eigenvalue weighted by Gasteiger charge is -1.85. The van der Waals surface area contributed by atoms with E-state index in [0.717, 1.165) is 24.2 Å². The van der Waals surface area contributed by atoms with Crippen molar-refractivity contribution in [2.75, 3.05) is 0 Å². The number of rotatable bonds is 2. The van der Waals surface area contributed by atoms with Gasteiger partial charge in [-0.3, -0.25) is 0 Å². The number of hydrogen-bond donors (Lipinski definition) is 0. The van der Waals surface area contributed by atoms with Crippen LogP contribution in [0.15, 0.2) is 4.63 Å². The maximum absolute atomic E-state index is 4.53. The number of aromatic nitrogens is 2. The van der Waals surface area contributed by atoms with Crippen LogP contribution in [0.2, 0.25) is 0 Å². The van der Waals surface area contributed by atoms with Gasteiger partial charge >= 0.3 is 0 Å². The Morgan fingerprint density at radius 2 is 1.36 bits per heavy atom. The van der Waals surface area contributed by atoms with E-state index in [0.29, 0.717) is 0 Å². The van der Waals surface area contributed by atoms with Gasteiger partial charge in [0.05, 0.1) is 0 Å². The molecule has 1 aromatic heterocycles. The van der Waals surface area contributed by atoms with Crippen LogP contribution < -0.4 is 0 Å². The average Bonchev–Trinajstić information content (AvgIpc) is 2.54. The topological polar surface area (TPSA) is 38.9 Å². The molecular weight excluding hydrogens is 140 g/mol. The highest BCUT2D eigenvalue weighted by atomic mass is 16.6. The molecule has 0 aromatic carbocycles. The lowest BCUT2D eigenvalue weighted by molar-refractivity contribution is 0.300. The average molecular weight is 156 g/mol. The fourth-order valence-corrected chi connectivity index (χ4v) is 0.762. The van der Waals surface area contributed by atoms with Gasteiger partial charge < -0.3 is 0 Å². The Morgan fingerprint density at radius 3 is 1.64 bits per heavy atom. The minimum absolute atomic E-state index is 0.909. The van der Waals surface area contributed by atoms with Crippen molar-refractivity contribution < 1.29 is 4.63 Å². The molecule has 1 heterocycles. The van der Waals surface area contributed by atoms with E-state index in [9.17, 15) is 0 Å². The van der Waals surface area contributed by atoms with Crippen molar-refractivity contribution in [1.29, 1.82) is 0 Å². The van der Waals surface area contributed by atoms with Gasteiger partial charge in [0.15, 0.2) is 0 Å². The second kappa shape index (κ2) is 5.89. The van der Waals surface area contributed by atoms with Gasteiger partial charge in [0.2, 0.25) is 0 Å². The summed E-state index contributed by atoms with van der Waals surface area (Å²) in [6, 6.07) is 0. The highest BCUT2D eigenvalue weighted by molar-refractivity contribution is 5.05. The Hall–Kier alpha value is -0.860. The summed E-state index contributed by atoms with van der Waals surface area (Å²) < 4.78 is 4.53. The molecule has 0 bridgehead atoms. The van der Waals surface area contributed by atoms with Crippen molar-refractivity contribution in [3.63, 3.8) is 0 Å². The summed E-state index contributed by atoms with van der Waals surface area (Å²) in [4.78, 5) is 0. The van der Waals surface area contributed by atoms with Gasteiger partial charge in [-0.05, 0) is 12.8 Å². The van der Waals surface area contributed by atoms with E-state index in [1.54, 1.807) is 0 Å². The molecule has 0 amide bonds. The van der Waals surface area contributed by atoms with Gasteiger partial charge in [-0.2, -0.15) is 0 Å². The molecule has 0 aliphatic heterocycles. The van der Waals surface area contributed by atoms with E-state index in [1.165, 1.54) is 0 Å². The van der Waals surface area contributed by atoms with Crippen LogP contribution in [-0.2, 0) is 12.8 Å². The highest BCUT2D eigenvalue weighted by Crippen LogP contribution is 2.02. The van der Waals surface area contributed by atoms with Crippen LogP contribution in [0.5, 0.6) is 0 Å². The quantitative estimate of drug-likeness (QED) is 0.659. The Labute approximate surface area is 67.8 Å². The molecule has 11 heavy (non-hydrogen) atoms. The first-order valence-electron chi connectivity index (χ1n) is 4.18. The van der Waals surface area contributed by atoms with Gasteiger partial charge in [-0.1, -0.05) is 38.0 Å². The van der Waals surface area contributed by atoms with E-state index < -0.39 is 0 Å². The Balaban J connectivity index is 0.000000461. The zero-order chi connectivity index (χ0) is 8.69. The predicted molar refractivity (Wildman–Crippen MR) is 44.4 cm³/mol. The van der Waals surface area contributed by atoms with Crippen molar-refractivity contribution in [2.45, 2.75) is 40.5 Å². The summed E-state index contributed by atoms with van der Waals surface area (Å²) in [6.45, 7) is 8.08. The first-order valence-corrected chi connectivity index (χ1v) is 4.18. The molecule has 0 N–H and O–H groups in total. The molecule has 0 aliphatic carbocycles. The summed E-state index contributed by atoms with van der Waals surface area (Å²) >= 11 is 0. The van der Waals surface area contributed by atoms with Crippen LogP contribution in [0.4, 0.5) is 0 Å². The van der Waals surface area contributed by atoms with Crippen molar-refractivity contribution in [3.05, 3.63) is 11.4 Å². The van der Waals surface area contributed by atoms with Gasteiger partial charge in [-0.15, -0.1) is 0 Å². The minimum atomic E-state index is 0.909. The molecule has 1 rings (SSSR count). The van der Waals surface area contributed by atoms with Gasteiger partial charge in [-0.25, -0.2) is 4.63 Å². The lowest BCUT2D eigenvalue weighted by atomic mass is 10.2. The third-order valence-corrected chi connectivity index (χ3v) is 1.30. The Kier molecular flexibility index (Phi) is 5.43. The largest absolute Gasteiger partial charge is 0.244 e. The second-order valence-corrected chi connectivity index (χ2v) is 1.86.